The van der Waals surface area contributed by atoms with E-state index in [9.17, 15) is 9.35 Å². The Morgan fingerprint density at radius 3 is 2.56 bits per heavy atom. The van der Waals surface area contributed by atoms with Crippen molar-refractivity contribution in [3.63, 3.8) is 0 Å². The Morgan fingerprint density at radius 2 is 1.81 bits per heavy atom. The summed E-state index contributed by atoms with van der Waals surface area (Å²) in [5.74, 6) is 1.31. The van der Waals surface area contributed by atoms with Crippen LogP contribution in [0, 0.1) is 0 Å². The number of rotatable bonds is 7. The first-order chi connectivity index (χ1) is 12.9. The smallest absolute Gasteiger partial charge is 0.248 e. The van der Waals surface area contributed by atoms with Crippen LogP contribution < -0.4 is 16.0 Å². The van der Waals surface area contributed by atoms with Gasteiger partial charge in [-0.3, -0.25) is 4.79 Å². The van der Waals surface area contributed by atoms with Gasteiger partial charge in [-0.1, -0.05) is 0 Å². The lowest BCUT2D eigenvalue weighted by Crippen LogP contribution is -2.09. The van der Waals surface area contributed by atoms with Crippen molar-refractivity contribution in [1.29, 1.82) is 0 Å². The molecule has 0 radical (unpaired) electrons. The molecule has 1 heterocycles. The van der Waals surface area contributed by atoms with Gasteiger partial charge in [0.15, 0.2) is 4.90 Å². The monoisotopic (exact) mass is 512 g/mol. The van der Waals surface area contributed by atoms with Crippen LogP contribution in [0.15, 0.2) is 61.1 Å². The molecule has 3 aromatic rings. The fourth-order valence-corrected chi connectivity index (χ4v) is 5.25. The Balaban J connectivity index is 1.48. The molecule has 27 heavy (non-hydrogen) atoms. The standard InChI is InChI=1S/C19H18Br2N2O3S/c20-15-10-14(11-16(21)19(15)22)27(25)8-2-1-7-26-13-4-5-17-12(9-13)3-6-18(24)23-17/h3-6,9-11H,1-2,7-8,22H2,(H,23,24). The summed E-state index contributed by atoms with van der Waals surface area (Å²) in [6, 6.07) is 12.4. The van der Waals surface area contributed by atoms with Crippen LogP contribution in [0.25, 0.3) is 10.9 Å². The van der Waals surface area contributed by atoms with Crippen molar-refractivity contribution in [2.45, 2.75) is 17.7 Å². The lowest BCUT2D eigenvalue weighted by atomic mass is 10.2. The van der Waals surface area contributed by atoms with Gasteiger partial charge in [0.1, 0.15) is 11.5 Å². The van der Waals surface area contributed by atoms with Crippen molar-refractivity contribution < 1.29 is 9.29 Å². The van der Waals surface area contributed by atoms with Gasteiger partial charge in [-0.25, -0.2) is 0 Å². The van der Waals surface area contributed by atoms with Crippen LogP contribution in [-0.2, 0) is 11.2 Å². The molecule has 0 aliphatic rings. The second kappa shape index (κ2) is 9.14. The van der Waals surface area contributed by atoms with Crippen LogP contribution in [0.5, 0.6) is 5.75 Å². The number of H-pyrrole nitrogens is 1. The van der Waals surface area contributed by atoms with Gasteiger partial charge in [-0.05, 0) is 80.1 Å². The summed E-state index contributed by atoms with van der Waals surface area (Å²) in [6.45, 7) is 0.543. The minimum absolute atomic E-state index is 0.121. The van der Waals surface area contributed by atoms with Crippen molar-refractivity contribution >= 4 is 59.6 Å². The van der Waals surface area contributed by atoms with Crippen molar-refractivity contribution in [3.8, 4) is 5.75 Å². The topological polar surface area (TPSA) is 91.2 Å². The van der Waals surface area contributed by atoms with Gasteiger partial charge in [0.2, 0.25) is 5.56 Å². The number of nitrogens with one attached hydrogen (secondary N) is 1. The van der Waals surface area contributed by atoms with Gasteiger partial charge < -0.3 is 20.0 Å². The van der Waals surface area contributed by atoms with Gasteiger partial charge in [-0.2, -0.15) is 0 Å². The summed E-state index contributed by atoms with van der Waals surface area (Å²) in [5, 5.41) is 0.924. The van der Waals surface area contributed by atoms with E-state index in [2.05, 4.69) is 36.8 Å². The lowest BCUT2D eigenvalue weighted by molar-refractivity contribution is 0.310. The predicted molar refractivity (Wildman–Crippen MR) is 117 cm³/mol. The van der Waals surface area contributed by atoms with E-state index in [1.807, 2.05) is 18.2 Å². The summed E-state index contributed by atoms with van der Waals surface area (Å²) in [5.41, 5.74) is 7.12. The minimum Gasteiger partial charge on any atom is -0.611 e. The Bertz CT molecular complexity index is 987. The van der Waals surface area contributed by atoms with Crippen LogP contribution in [0.2, 0.25) is 0 Å². The molecule has 0 aliphatic carbocycles. The Hall–Kier alpha value is -1.48. The quantitative estimate of drug-likeness (QED) is 0.274. The number of hydrogen-bond donors (Lipinski definition) is 2. The number of ether oxygens (including phenoxy) is 1. The van der Waals surface area contributed by atoms with E-state index >= 15 is 0 Å². The van der Waals surface area contributed by atoms with E-state index in [4.69, 9.17) is 10.5 Å². The van der Waals surface area contributed by atoms with Crippen molar-refractivity contribution in [3.05, 3.63) is 61.8 Å². The Kier molecular flexibility index (Phi) is 6.86. The number of aromatic nitrogens is 1. The number of pyridine rings is 1. The third-order valence-corrected chi connectivity index (χ3v) is 6.74. The minimum atomic E-state index is -1.09. The van der Waals surface area contributed by atoms with Gasteiger partial charge >= 0.3 is 0 Å². The zero-order chi connectivity index (χ0) is 19.4. The molecule has 0 saturated carbocycles. The fraction of sp³-hybridized carbons (Fsp3) is 0.211. The number of benzene rings is 2. The van der Waals surface area contributed by atoms with Crippen molar-refractivity contribution in [1.82, 2.24) is 4.98 Å². The highest BCUT2D eigenvalue weighted by molar-refractivity contribution is 9.11. The molecule has 0 saturated heterocycles. The molecule has 3 rings (SSSR count). The molecule has 142 valence electrons. The Morgan fingerprint density at radius 1 is 1.07 bits per heavy atom. The molecule has 0 fully saturated rings. The van der Waals surface area contributed by atoms with Gasteiger partial charge in [-0.15, -0.1) is 0 Å². The van der Waals surface area contributed by atoms with Crippen LogP contribution >= 0.6 is 31.9 Å². The number of aromatic amines is 1. The van der Waals surface area contributed by atoms with Gasteiger partial charge in [0, 0.05) is 38.0 Å². The molecule has 0 bridgehead atoms. The number of unbranched alkanes of at least 4 members (excludes halogenated alkanes) is 1. The van der Waals surface area contributed by atoms with Crippen LogP contribution in [0.4, 0.5) is 5.69 Å². The second-order valence-corrected chi connectivity index (χ2v) is 9.26. The van der Waals surface area contributed by atoms with Gasteiger partial charge in [0.05, 0.1) is 12.3 Å². The highest BCUT2D eigenvalue weighted by Crippen LogP contribution is 2.31. The van der Waals surface area contributed by atoms with E-state index < -0.39 is 11.2 Å². The third kappa shape index (κ3) is 5.28. The first-order valence-electron chi connectivity index (χ1n) is 8.33. The lowest BCUT2D eigenvalue weighted by Gasteiger charge is -2.13. The highest BCUT2D eigenvalue weighted by Gasteiger charge is 2.14. The number of nitrogen functional groups attached to an aromatic ring is 1. The summed E-state index contributed by atoms with van der Waals surface area (Å²) < 4.78 is 19.7. The third-order valence-electron chi connectivity index (χ3n) is 4.00. The van der Waals surface area contributed by atoms with E-state index in [0.29, 0.717) is 18.0 Å². The number of anilines is 1. The summed E-state index contributed by atoms with van der Waals surface area (Å²) in [4.78, 5) is 14.8. The molecule has 5 nitrogen and oxygen atoms in total. The largest absolute Gasteiger partial charge is 0.611 e. The molecule has 3 N–H and O–H groups in total. The first kappa shape index (κ1) is 20.3. The molecule has 1 atom stereocenters. The zero-order valence-electron chi connectivity index (χ0n) is 14.3. The molecular weight excluding hydrogens is 496 g/mol. The Labute approximate surface area is 176 Å². The average molecular weight is 514 g/mol. The molecule has 0 aliphatic heterocycles. The van der Waals surface area contributed by atoms with Crippen LogP contribution in [0.1, 0.15) is 12.8 Å². The van der Waals surface area contributed by atoms with Crippen LogP contribution in [-0.4, -0.2) is 21.9 Å². The maximum atomic E-state index is 12.4. The maximum Gasteiger partial charge on any atom is 0.248 e. The highest BCUT2D eigenvalue weighted by atomic mass is 79.9. The summed E-state index contributed by atoms with van der Waals surface area (Å²) in [7, 11) is 0. The molecule has 2 aromatic carbocycles. The molecule has 1 unspecified atom stereocenters. The molecule has 1 aromatic heterocycles. The number of nitrogens with two attached hydrogens (primary N) is 1. The van der Waals surface area contributed by atoms with Crippen molar-refractivity contribution in [2.24, 2.45) is 0 Å². The molecule has 0 amide bonds. The van der Waals surface area contributed by atoms with Crippen molar-refractivity contribution in [2.75, 3.05) is 18.1 Å². The SMILES string of the molecule is Nc1c(Br)cc([S+]([O-])CCCCOc2ccc3[nH]c(=O)ccc3c2)cc1Br. The predicted octanol–water partition coefficient (Wildman–Crippen LogP) is 4.60. The molecular formula is C19H18Br2N2O3S. The van der Waals surface area contributed by atoms with E-state index in [0.717, 1.165) is 43.3 Å². The molecule has 8 heteroatoms. The summed E-state index contributed by atoms with van der Waals surface area (Å²) in [6.07, 6.45) is 1.58. The fourth-order valence-electron chi connectivity index (χ4n) is 2.56. The maximum absolute atomic E-state index is 12.4. The number of halogens is 2. The zero-order valence-corrected chi connectivity index (χ0v) is 18.3. The second-order valence-electron chi connectivity index (χ2n) is 5.98. The van der Waals surface area contributed by atoms with E-state index in [1.165, 1.54) is 6.07 Å². The molecule has 0 spiro atoms. The average Bonchev–Trinajstić information content (AvgIpc) is 2.65. The summed E-state index contributed by atoms with van der Waals surface area (Å²) >= 11 is 5.67. The normalized spacial score (nSPS) is 12.3. The number of hydrogen-bond acceptors (Lipinski definition) is 4. The van der Waals surface area contributed by atoms with E-state index in [1.54, 1.807) is 18.2 Å². The van der Waals surface area contributed by atoms with E-state index in [-0.39, 0.29) is 5.56 Å². The number of fused-ring (bicyclic) bond motifs is 1. The first-order valence-corrected chi connectivity index (χ1v) is 11.2. The van der Waals surface area contributed by atoms with Crippen LogP contribution in [0.3, 0.4) is 0 Å². The van der Waals surface area contributed by atoms with Gasteiger partial charge in [0.25, 0.3) is 0 Å².